The molecule has 2 aromatic heterocycles. The van der Waals surface area contributed by atoms with E-state index >= 15 is 0 Å². The number of halogens is 1. The number of ether oxygens (including phenoxy) is 1. The molecule has 0 aliphatic rings. The minimum Gasteiger partial charge on any atom is -1.00 e. The van der Waals surface area contributed by atoms with Crippen LogP contribution in [-0.2, 0) is 0 Å². The molecule has 0 saturated carbocycles. The average molecular weight is 308 g/mol. The molecule has 9 heteroatoms. The Morgan fingerprint density at radius 3 is 2.67 bits per heavy atom. The lowest BCUT2D eigenvalue weighted by molar-refractivity contribution is -0.584. The van der Waals surface area contributed by atoms with E-state index in [1.807, 2.05) is 24.3 Å². The van der Waals surface area contributed by atoms with Crippen molar-refractivity contribution < 1.29 is 26.6 Å². The van der Waals surface area contributed by atoms with Crippen molar-refractivity contribution in [1.82, 2.24) is 15.1 Å². The van der Waals surface area contributed by atoms with Crippen LogP contribution in [0, 0.1) is 10.1 Å². The van der Waals surface area contributed by atoms with Crippen molar-refractivity contribution in [2.45, 2.75) is 0 Å². The Labute approximate surface area is 125 Å². The Bertz CT molecular complexity index is 787. The van der Waals surface area contributed by atoms with Gasteiger partial charge in [-0.2, -0.15) is 0 Å². The summed E-state index contributed by atoms with van der Waals surface area (Å²) in [6.07, 6.45) is 2.51. The number of hydrogen-bond acceptors (Lipinski definition) is 5. The number of hydrogen-bond donors (Lipinski definition) is 1. The van der Waals surface area contributed by atoms with Crippen LogP contribution >= 0.6 is 0 Å². The van der Waals surface area contributed by atoms with Crippen molar-refractivity contribution in [3.05, 3.63) is 46.8 Å². The molecule has 0 aliphatic carbocycles. The molecule has 0 aliphatic heterocycles. The van der Waals surface area contributed by atoms with E-state index in [1.165, 1.54) is 16.9 Å². The number of aromatic nitrogens is 4. The molecule has 3 aromatic rings. The van der Waals surface area contributed by atoms with Gasteiger partial charge in [0.1, 0.15) is 5.75 Å². The van der Waals surface area contributed by atoms with Crippen LogP contribution in [0.4, 0.5) is 5.69 Å². The molecular weight excluding hydrogens is 298 g/mol. The number of nitro groups is 1. The molecule has 0 unspecified atom stereocenters. The zero-order chi connectivity index (χ0) is 14.1. The van der Waals surface area contributed by atoms with Gasteiger partial charge in [0, 0.05) is 5.56 Å². The van der Waals surface area contributed by atoms with Crippen LogP contribution < -0.4 is 21.7 Å². The summed E-state index contributed by atoms with van der Waals surface area (Å²) < 4.78 is 6.50. The normalized spacial score (nSPS) is 10.1. The number of rotatable bonds is 3. The average Bonchev–Trinajstić information content (AvgIpc) is 2.90. The van der Waals surface area contributed by atoms with Crippen LogP contribution in [-0.4, -0.2) is 27.1 Å². The van der Waals surface area contributed by atoms with Gasteiger partial charge in [-0.25, -0.2) is 5.10 Å². The van der Waals surface area contributed by atoms with Gasteiger partial charge in [0.05, 0.1) is 12.0 Å². The third kappa shape index (κ3) is 2.75. The maximum absolute atomic E-state index is 10.7. The summed E-state index contributed by atoms with van der Waals surface area (Å²) in [4.78, 5) is 18.4. The van der Waals surface area contributed by atoms with Gasteiger partial charge in [-0.15, -0.1) is 4.52 Å². The molecule has 0 bridgehead atoms. The predicted molar refractivity (Wildman–Crippen MR) is 68.2 cm³/mol. The molecule has 0 fully saturated rings. The fourth-order valence-corrected chi connectivity index (χ4v) is 1.79. The highest BCUT2D eigenvalue weighted by Gasteiger charge is 2.18. The Kier molecular flexibility index (Phi) is 3.99. The van der Waals surface area contributed by atoms with E-state index in [1.54, 1.807) is 7.11 Å². The predicted octanol–water partition coefficient (Wildman–Crippen LogP) is -1.87. The van der Waals surface area contributed by atoms with Crippen molar-refractivity contribution in [2.24, 2.45) is 0 Å². The molecular formula is C12H10ClN5O3. The molecule has 3 rings (SSSR count). The molecule has 0 spiro atoms. The molecule has 0 radical (unpaired) electrons. The van der Waals surface area contributed by atoms with Crippen molar-refractivity contribution in [1.29, 1.82) is 0 Å². The zero-order valence-corrected chi connectivity index (χ0v) is 11.6. The first-order chi connectivity index (χ1) is 9.67. The molecule has 1 N–H and O–H groups in total. The van der Waals surface area contributed by atoms with Gasteiger partial charge in [-0.3, -0.25) is 10.1 Å². The second-order valence-corrected chi connectivity index (χ2v) is 4.04. The maximum Gasteiger partial charge on any atom is 0.457 e. The van der Waals surface area contributed by atoms with Gasteiger partial charge in [0.2, 0.25) is 5.82 Å². The minimum absolute atomic E-state index is 0. The van der Waals surface area contributed by atoms with E-state index in [9.17, 15) is 10.1 Å². The second-order valence-electron chi connectivity index (χ2n) is 4.04. The van der Waals surface area contributed by atoms with Gasteiger partial charge in [0.15, 0.2) is 12.4 Å². The van der Waals surface area contributed by atoms with Crippen LogP contribution in [0.2, 0.25) is 0 Å². The third-order valence-electron chi connectivity index (χ3n) is 2.80. The molecule has 8 nitrogen and oxygen atoms in total. The van der Waals surface area contributed by atoms with Crippen LogP contribution in [0.3, 0.4) is 0 Å². The van der Waals surface area contributed by atoms with Crippen molar-refractivity contribution in [3.63, 3.8) is 0 Å². The molecule has 108 valence electrons. The van der Waals surface area contributed by atoms with E-state index in [0.29, 0.717) is 11.6 Å². The zero-order valence-electron chi connectivity index (χ0n) is 10.9. The molecule has 0 saturated heterocycles. The van der Waals surface area contributed by atoms with Crippen molar-refractivity contribution in [3.8, 4) is 17.1 Å². The fraction of sp³-hybridized carbons (Fsp3) is 0.0833. The number of nitrogens with zero attached hydrogens (tertiary/aromatic N) is 4. The number of methoxy groups -OCH3 is 1. The summed E-state index contributed by atoms with van der Waals surface area (Å²) >= 11 is 0. The molecule has 21 heavy (non-hydrogen) atoms. The van der Waals surface area contributed by atoms with E-state index in [2.05, 4.69) is 15.1 Å². The Hall–Kier alpha value is -2.74. The van der Waals surface area contributed by atoms with Gasteiger partial charge < -0.3 is 17.1 Å². The largest absolute Gasteiger partial charge is 1.00 e. The number of aromatic amines is 1. The maximum atomic E-state index is 10.7. The number of fused-ring (bicyclic) bond motifs is 1. The van der Waals surface area contributed by atoms with Gasteiger partial charge in [-0.1, -0.05) is 4.98 Å². The topological polar surface area (TPSA) is 98.0 Å². The van der Waals surface area contributed by atoms with Gasteiger partial charge in [0.25, 0.3) is 0 Å². The Morgan fingerprint density at radius 2 is 2.05 bits per heavy atom. The highest BCUT2D eigenvalue weighted by Crippen LogP contribution is 2.18. The lowest BCUT2D eigenvalue weighted by Gasteiger charge is -1.98. The van der Waals surface area contributed by atoms with Crippen molar-refractivity contribution in [2.75, 3.05) is 7.11 Å². The van der Waals surface area contributed by atoms with E-state index in [4.69, 9.17) is 4.74 Å². The summed E-state index contributed by atoms with van der Waals surface area (Å²) in [7, 11) is 1.59. The fourth-order valence-electron chi connectivity index (χ4n) is 1.79. The highest BCUT2D eigenvalue weighted by molar-refractivity contribution is 5.56. The van der Waals surface area contributed by atoms with E-state index < -0.39 is 4.92 Å². The van der Waals surface area contributed by atoms with Crippen molar-refractivity contribution >= 4 is 11.5 Å². The summed E-state index contributed by atoms with van der Waals surface area (Å²) in [6.45, 7) is 0. The lowest BCUT2D eigenvalue weighted by Crippen LogP contribution is -3.00. The summed E-state index contributed by atoms with van der Waals surface area (Å²) in [6, 6.07) is 7.29. The summed E-state index contributed by atoms with van der Waals surface area (Å²) in [5.41, 5.74) is 0.728. The van der Waals surface area contributed by atoms with E-state index in [0.717, 1.165) is 11.3 Å². The molecule has 1 aromatic carbocycles. The number of nitrogens with one attached hydrogen (secondary N) is 1. The minimum atomic E-state index is -0.507. The molecule has 0 amide bonds. The quantitative estimate of drug-likeness (QED) is 0.347. The van der Waals surface area contributed by atoms with Crippen LogP contribution in [0.15, 0.2) is 36.7 Å². The number of benzene rings is 1. The summed E-state index contributed by atoms with van der Waals surface area (Å²) in [5.74, 6) is 1.67. The van der Waals surface area contributed by atoms with E-state index in [-0.39, 0.29) is 18.1 Å². The highest BCUT2D eigenvalue weighted by atomic mass is 35.5. The lowest BCUT2D eigenvalue weighted by atomic mass is 10.2. The smallest absolute Gasteiger partial charge is 0.457 e. The SMILES string of the molecule is COc1ccc(-c2nc3ncc([N+](=O)[O-])c[n+]3[nH]2)cc1.[Cl-]. The van der Waals surface area contributed by atoms with Crippen LogP contribution in [0.1, 0.15) is 0 Å². The Morgan fingerprint density at radius 1 is 1.33 bits per heavy atom. The standard InChI is InChI=1S/C12H9N5O3.ClH/c1-20-10-4-2-8(3-5-10)11-14-12-13-6-9(17(18)19)7-16(12)15-11;/h2-7H,1H3;1H. The molecule has 2 heterocycles. The number of H-pyrrole nitrogens is 1. The first-order valence-corrected chi connectivity index (χ1v) is 5.73. The van der Waals surface area contributed by atoms with Gasteiger partial charge >= 0.3 is 11.5 Å². The first-order valence-electron chi connectivity index (χ1n) is 5.73. The van der Waals surface area contributed by atoms with Crippen LogP contribution in [0.5, 0.6) is 5.75 Å². The monoisotopic (exact) mass is 307 g/mol. The Balaban J connectivity index is 0.00000161. The second kappa shape index (κ2) is 5.71. The van der Waals surface area contributed by atoms with Gasteiger partial charge in [-0.05, 0) is 29.2 Å². The van der Waals surface area contributed by atoms with Crippen LogP contribution in [0.25, 0.3) is 17.2 Å². The summed E-state index contributed by atoms with van der Waals surface area (Å²) in [5, 5.41) is 13.6. The third-order valence-corrected chi connectivity index (χ3v) is 2.80. The molecule has 0 atom stereocenters. The first kappa shape index (κ1) is 14.7.